The number of hydrogen-bond donors (Lipinski definition) is 2. The molecule has 1 saturated carbocycles. The molecular formula is C13H24N2O3. The molecule has 1 saturated heterocycles. The minimum Gasteiger partial charge on any atom is -0.480 e. The molecule has 0 aromatic heterocycles. The van der Waals surface area contributed by atoms with Gasteiger partial charge in [-0.15, -0.1) is 0 Å². The van der Waals surface area contributed by atoms with E-state index in [0.717, 1.165) is 19.4 Å². The molecule has 5 nitrogen and oxygen atoms in total. The third-order valence-corrected chi connectivity index (χ3v) is 3.90. The fourth-order valence-electron chi connectivity index (χ4n) is 2.42. The molecule has 0 aromatic rings. The molecule has 2 rings (SSSR count). The van der Waals surface area contributed by atoms with Crippen LogP contribution in [0.3, 0.4) is 0 Å². The minimum absolute atomic E-state index is 0.0970. The van der Waals surface area contributed by atoms with Crippen LogP contribution in [0.15, 0.2) is 0 Å². The van der Waals surface area contributed by atoms with Crippen molar-refractivity contribution < 1.29 is 14.6 Å². The monoisotopic (exact) mass is 256 g/mol. The molecule has 18 heavy (non-hydrogen) atoms. The Balaban J connectivity index is 2.05. The fraction of sp³-hybridized carbons (Fsp3) is 0.923. The number of nitrogens with zero attached hydrogens (tertiary/aromatic N) is 1. The van der Waals surface area contributed by atoms with E-state index < -0.39 is 11.5 Å². The number of hydrogen-bond acceptors (Lipinski definition) is 4. The molecule has 2 fully saturated rings. The van der Waals surface area contributed by atoms with Gasteiger partial charge in [-0.3, -0.25) is 15.0 Å². The van der Waals surface area contributed by atoms with Crippen molar-refractivity contribution in [2.45, 2.75) is 50.7 Å². The van der Waals surface area contributed by atoms with Crippen LogP contribution < -0.4 is 5.32 Å². The molecule has 1 aliphatic heterocycles. The number of ether oxygens (including phenoxy) is 1. The van der Waals surface area contributed by atoms with Gasteiger partial charge in [-0.05, 0) is 33.6 Å². The molecule has 1 unspecified atom stereocenters. The second-order valence-electron chi connectivity index (χ2n) is 6.34. The van der Waals surface area contributed by atoms with E-state index >= 15 is 0 Å². The average molecular weight is 256 g/mol. The van der Waals surface area contributed by atoms with E-state index in [2.05, 4.69) is 24.1 Å². The third kappa shape index (κ3) is 3.02. The highest BCUT2D eigenvalue weighted by molar-refractivity contribution is 5.78. The lowest BCUT2D eigenvalue weighted by Gasteiger charge is -2.45. The first-order valence-corrected chi connectivity index (χ1v) is 6.67. The SMILES string of the molecule is CC(CN1CCOCC1(C)C)(NC1CC1)C(=O)O. The van der Waals surface area contributed by atoms with Crippen LogP contribution in [-0.2, 0) is 9.53 Å². The van der Waals surface area contributed by atoms with E-state index in [-0.39, 0.29) is 5.54 Å². The maximum atomic E-state index is 11.5. The van der Waals surface area contributed by atoms with Crippen LogP contribution in [0.25, 0.3) is 0 Å². The van der Waals surface area contributed by atoms with Gasteiger partial charge in [0.05, 0.1) is 13.2 Å². The highest BCUT2D eigenvalue weighted by Gasteiger charge is 2.43. The number of carboxylic acid groups (broad SMARTS) is 1. The summed E-state index contributed by atoms with van der Waals surface area (Å²) >= 11 is 0. The summed E-state index contributed by atoms with van der Waals surface area (Å²) in [4.78, 5) is 13.8. The summed E-state index contributed by atoms with van der Waals surface area (Å²) in [7, 11) is 0. The highest BCUT2D eigenvalue weighted by Crippen LogP contribution is 2.26. The van der Waals surface area contributed by atoms with Crippen LogP contribution in [0.4, 0.5) is 0 Å². The second-order valence-corrected chi connectivity index (χ2v) is 6.34. The molecule has 2 aliphatic rings. The van der Waals surface area contributed by atoms with Gasteiger partial charge in [0.15, 0.2) is 0 Å². The Morgan fingerprint density at radius 1 is 1.56 bits per heavy atom. The van der Waals surface area contributed by atoms with Gasteiger partial charge in [0.25, 0.3) is 0 Å². The zero-order valence-electron chi connectivity index (χ0n) is 11.5. The maximum absolute atomic E-state index is 11.5. The van der Waals surface area contributed by atoms with Crippen LogP contribution in [0.2, 0.25) is 0 Å². The first-order valence-electron chi connectivity index (χ1n) is 6.67. The van der Waals surface area contributed by atoms with Crippen molar-refractivity contribution in [3.8, 4) is 0 Å². The molecule has 104 valence electrons. The number of nitrogens with one attached hydrogen (secondary N) is 1. The Labute approximate surface area is 108 Å². The van der Waals surface area contributed by atoms with Crippen molar-refractivity contribution in [3.05, 3.63) is 0 Å². The zero-order valence-corrected chi connectivity index (χ0v) is 11.5. The summed E-state index contributed by atoms with van der Waals surface area (Å²) in [5, 5.41) is 12.8. The van der Waals surface area contributed by atoms with Crippen LogP contribution >= 0.6 is 0 Å². The first kappa shape index (κ1) is 13.8. The van der Waals surface area contributed by atoms with Gasteiger partial charge in [0, 0.05) is 24.7 Å². The van der Waals surface area contributed by atoms with Gasteiger partial charge in [-0.2, -0.15) is 0 Å². The number of carboxylic acids is 1. The summed E-state index contributed by atoms with van der Waals surface area (Å²) < 4.78 is 5.47. The van der Waals surface area contributed by atoms with Crippen molar-refractivity contribution >= 4 is 5.97 Å². The van der Waals surface area contributed by atoms with E-state index in [0.29, 0.717) is 25.8 Å². The predicted molar refractivity (Wildman–Crippen MR) is 68.7 cm³/mol. The van der Waals surface area contributed by atoms with E-state index in [1.54, 1.807) is 6.92 Å². The van der Waals surface area contributed by atoms with Crippen molar-refractivity contribution in [2.24, 2.45) is 0 Å². The molecule has 2 N–H and O–H groups in total. The van der Waals surface area contributed by atoms with E-state index in [1.165, 1.54) is 0 Å². The molecular weight excluding hydrogens is 232 g/mol. The first-order chi connectivity index (χ1) is 8.33. The third-order valence-electron chi connectivity index (χ3n) is 3.90. The molecule has 0 aromatic carbocycles. The second kappa shape index (κ2) is 4.79. The highest BCUT2D eigenvalue weighted by atomic mass is 16.5. The molecule has 0 radical (unpaired) electrons. The quantitative estimate of drug-likeness (QED) is 0.758. The Kier molecular flexibility index (Phi) is 3.67. The summed E-state index contributed by atoms with van der Waals surface area (Å²) in [5.41, 5.74) is -0.962. The summed E-state index contributed by atoms with van der Waals surface area (Å²) in [6, 6.07) is 0.384. The lowest BCUT2D eigenvalue weighted by Crippen LogP contribution is -2.63. The van der Waals surface area contributed by atoms with E-state index in [1.807, 2.05) is 0 Å². The molecule has 0 amide bonds. The molecule has 0 bridgehead atoms. The smallest absolute Gasteiger partial charge is 0.324 e. The van der Waals surface area contributed by atoms with E-state index in [9.17, 15) is 9.90 Å². The molecule has 5 heteroatoms. The molecule has 1 heterocycles. The van der Waals surface area contributed by atoms with Gasteiger partial charge in [-0.25, -0.2) is 0 Å². The van der Waals surface area contributed by atoms with Gasteiger partial charge >= 0.3 is 5.97 Å². The largest absolute Gasteiger partial charge is 0.480 e. The zero-order chi connectivity index (χ0) is 13.4. The lowest BCUT2D eigenvalue weighted by molar-refractivity contribution is -0.147. The summed E-state index contributed by atoms with van der Waals surface area (Å²) in [6.45, 7) is 8.66. The van der Waals surface area contributed by atoms with Crippen LogP contribution in [0, 0.1) is 0 Å². The average Bonchev–Trinajstić information content (AvgIpc) is 3.04. The fourth-order valence-corrected chi connectivity index (χ4v) is 2.42. The molecule has 1 atom stereocenters. The van der Waals surface area contributed by atoms with Crippen molar-refractivity contribution in [3.63, 3.8) is 0 Å². The molecule has 0 spiro atoms. The Bertz CT molecular complexity index is 328. The number of morpholine rings is 1. The van der Waals surface area contributed by atoms with Crippen molar-refractivity contribution in [2.75, 3.05) is 26.3 Å². The number of rotatable bonds is 5. The number of carbonyl (C=O) groups is 1. The Morgan fingerprint density at radius 3 is 2.72 bits per heavy atom. The van der Waals surface area contributed by atoms with Crippen LogP contribution in [0.1, 0.15) is 33.6 Å². The lowest BCUT2D eigenvalue weighted by atomic mass is 9.95. The standard InChI is InChI=1S/C13H24N2O3/c1-12(2)9-18-7-6-15(12)8-13(3,11(16)17)14-10-4-5-10/h10,14H,4-9H2,1-3H3,(H,16,17). The number of aliphatic carboxylic acids is 1. The van der Waals surface area contributed by atoms with Crippen LogP contribution in [0.5, 0.6) is 0 Å². The van der Waals surface area contributed by atoms with Gasteiger partial charge < -0.3 is 9.84 Å². The van der Waals surface area contributed by atoms with E-state index in [4.69, 9.17) is 4.74 Å². The van der Waals surface area contributed by atoms with Crippen LogP contribution in [-0.4, -0.2) is 59.4 Å². The van der Waals surface area contributed by atoms with Crippen molar-refractivity contribution in [1.82, 2.24) is 10.2 Å². The topological polar surface area (TPSA) is 61.8 Å². The Hall–Kier alpha value is -0.650. The maximum Gasteiger partial charge on any atom is 0.324 e. The summed E-state index contributed by atoms with van der Waals surface area (Å²) in [5.74, 6) is -0.767. The van der Waals surface area contributed by atoms with Gasteiger partial charge in [0.2, 0.25) is 0 Å². The minimum atomic E-state index is -0.865. The van der Waals surface area contributed by atoms with Gasteiger partial charge in [-0.1, -0.05) is 0 Å². The summed E-state index contributed by atoms with van der Waals surface area (Å²) in [6.07, 6.45) is 2.19. The van der Waals surface area contributed by atoms with Gasteiger partial charge in [0.1, 0.15) is 5.54 Å². The predicted octanol–water partition coefficient (Wildman–Crippen LogP) is 0.693. The Morgan fingerprint density at radius 2 is 2.22 bits per heavy atom. The molecule has 1 aliphatic carbocycles. The van der Waals surface area contributed by atoms with Crippen molar-refractivity contribution in [1.29, 1.82) is 0 Å². The normalized spacial score (nSPS) is 27.7.